The smallest absolute Gasteiger partial charge is 0.462 e. The van der Waals surface area contributed by atoms with E-state index in [-0.39, 0.29) is 25.7 Å². The van der Waals surface area contributed by atoms with Gasteiger partial charge in [-0.1, -0.05) is 293 Å². The van der Waals surface area contributed by atoms with Crippen molar-refractivity contribution in [2.45, 2.75) is 363 Å². The number of hydrogen-bond acceptors (Lipinski definition) is 15. The Morgan fingerprint density at radius 3 is 0.798 bits per heavy atom. The fourth-order valence-corrected chi connectivity index (χ4v) is 12.0. The van der Waals surface area contributed by atoms with E-state index >= 15 is 0 Å². The molecule has 0 radical (unpaired) electrons. The van der Waals surface area contributed by atoms with Crippen LogP contribution in [-0.4, -0.2) is 96.7 Å². The van der Waals surface area contributed by atoms with E-state index in [1.54, 1.807) is 0 Å². The molecule has 0 aromatic carbocycles. The molecular weight excluding hydrogens is 1170 g/mol. The SMILES string of the molecule is CCC(C)CCCCCCCCC(=O)OC[C@H](COP(=O)(O)OC[C@H](O)COP(=O)(O)OC[C@@H](COC(=O)CCCCCCCCCCCCCCCCC(C)C)OC(=O)CCCCCCCCCCCCC(C)C)OC(=O)CCCCCCCCC(C)C. The molecule has 3 N–H and O–H groups in total. The highest BCUT2D eigenvalue weighted by Gasteiger charge is 2.30. The van der Waals surface area contributed by atoms with Gasteiger partial charge in [-0.05, 0) is 49.4 Å². The molecule has 0 aliphatic heterocycles. The maximum absolute atomic E-state index is 13.0. The summed E-state index contributed by atoms with van der Waals surface area (Å²) in [5.74, 6) is 0.817. The fraction of sp³-hybridized carbons (Fsp3) is 0.943. The molecule has 0 spiro atoms. The lowest BCUT2D eigenvalue weighted by molar-refractivity contribution is -0.161. The number of phosphoric acid groups is 2. The maximum Gasteiger partial charge on any atom is 0.472 e. The average Bonchev–Trinajstić information content (AvgIpc) is 3.70. The van der Waals surface area contributed by atoms with Gasteiger partial charge in [0, 0.05) is 25.7 Å². The summed E-state index contributed by atoms with van der Waals surface area (Å²) in [5.41, 5.74) is 0. The van der Waals surface area contributed by atoms with Crippen molar-refractivity contribution < 1.29 is 80.2 Å². The van der Waals surface area contributed by atoms with Crippen molar-refractivity contribution in [1.82, 2.24) is 0 Å². The molecule has 0 heterocycles. The molecule has 0 saturated heterocycles. The number of aliphatic hydroxyl groups excluding tert-OH is 1. The molecule has 17 nitrogen and oxygen atoms in total. The maximum atomic E-state index is 13.0. The highest BCUT2D eigenvalue weighted by molar-refractivity contribution is 7.47. The molecule has 0 amide bonds. The molecule has 0 aromatic heterocycles. The number of carbonyl (C=O) groups excluding carboxylic acids is 4. The summed E-state index contributed by atoms with van der Waals surface area (Å²) in [4.78, 5) is 72.5. The van der Waals surface area contributed by atoms with E-state index in [1.807, 2.05) is 0 Å². The molecule has 89 heavy (non-hydrogen) atoms. The van der Waals surface area contributed by atoms with Gasteiger partial charge < -0.3 is 33.8 Å². The van der Waals surface area contributed by atoms with Gasteiger partial charge >= 0.3 is 39.5 Å². The zero-order valence-corrected chi connectivity index (χ0v) is 59.8. The average molecular weight is 1310 g/mol. The summed E-state index contributed by atoms with van der Waals surface area (Å²) in [6.45, 7) is 14.0. The van der Waals surface area contributed by atoms with E-state index in [9.17, 15) is 43.2 Å². The minimum atomic E-state index is -4.95. The van der Waals surface area contributed by atoms with Crippen LogP contribution < -0.4 is 0 Å². The molecule has 0 aromatic rings. The first-order chi connectivity index (χ1) is 42.6. The number of rotatable bonds is 67. The molecule has 528 valence electrons. The Hall–Kier alpha value is -1.94. The first-order valence-electron chi connectivity index (χ1n) is 36.2. The number of hydrogen-bond donors (Lipinski definition) is 3. The van der Waals surface area contributed by atoms with Crippen LogP contribution in [0.2, 0.25) is 0 Å². The quantitative estimate of drug-likeness (QED) is 0.0222. The number of carbonyl (C=O) groups is 4. The minimum Gasteiger partial charge on any atom is -0.462 e. The molecule has 0 rings (SSSR count). The summed E-state index contributed by atoms with van der Waals surface area (Å²) in [6, 6.07) is 0. The van der Waals surface area contributed by atoms with Crippen molar-refractivity contribution in [3.8, 4) is 0 Å². The van der Waals surface area contributed by atoms with Gasteiger partial charge in [0.05, 0.1) is 26.4 Å². The molecule has 0 aliphatic carbocycles. The third-order valence-corrected chi connectivity index (χ3v) is 18.3. The van der Waals surface area contributed by atoms with Crippen molar-refractivity contribution in [2.24, 2.45) is 23.7 Å². The number of unbranched alkanes of at least 4 members (excludes halogenated alkanes) is 32. The molecular formula is C70H136O17P2. The molecule has 6 atom stereocenters. The van der Waals surface area contributed by atoms with Crippen LogP contribution in [0.3, 0.4) is 0 Å². The topological polar surface area (TPSA) is 237 Å². The number of ether oxygens (including phenoxy) is 4. The number of esters is 4. The van der Waals surface area contributed by atoms with Gasteiger partial charge in [-0.15, -0.1) is 0 Å². The Morgan fingerprint density at radius 2 is 0.539 bits per heavy atom. The van der Waals surface area contributed by atoms with Crippen LogP contribution in [0.4, 0.5) is 0 Å². The van der Waals surface area contributed by atoms with Crippen molar-refractivity contribution in [3.63, 3.8) is 0 Å². The second kappa shape index (κ2) is 59.8. The molecule has 0 bridgehead atoms. The van der Waals surface area contributed by atoms with Gasteiger partial charge in [-0.2, -0.15) is 0 Å². The lowest BCUT2D eigenvalue weighted by atomic mass is 10.00. The van der Waals surface area contributed by atoms with Crippen LogP contribution in [0.15, 0.2) is 0 Å². The molecule has 0 saturated carbocycles. The van der Waals surface area contributed by atoms with Gasteiger partial charge in [-0.25, -0.2) is 9.13 Å². The Balaban J connectivity index is 5.22. The summed E-state index contributed by atoms with van der Waals surface area (Å²) >= 11 is 0. The van der Waals surface area contributed by atoms with Crippen molar-refractivity contribution >= 4 is 39.5 Å². The van der Waals surface area contributed by atoms with E-state index in [0.29, 0.717) is 31.6 Å². The zero-order valence-electron chi connectivity index (χ0n) is 58.1. The zero-order chi connectivity index (χ0) is 66.1. The molecule has 0 fully saturated rings. The van der Waals surface area contributed by atoms with E-state index in [4.69, 9.17) is 37.0 Å². The predicted molar refractivity (Wildman–Crippen MR) is 358 cm³/mol. The second-order valence-electron chi connectivity index (χ2n) is 26.9. The van der Waals surface area contributed by atoms with Crippen LogP contribution in [0.5, 0.6) is 0 Å². The van der Waals surface area contributed by atoms with Gasteiger partial charge in [0.15, 0.2) is 12.2 Å². The summed E-state index contributed by atoms with van der Waals surface area (Å²) in [6.07, 6.45) is 41.9. The third kappa shape index (κ3) is 63.2. The van der Waals surface area contributed by atoms with Gasteiger partial charge in [-0.3, -0.25) is 37.3 Å². The Bertz CT molecular complexity index is 1770. The summed E-state index contributed by atoms with van der Waals surface area (Å²) < 4.78 is 68.2. The second-order valence-corrected chi connectivity index (χ2v) is 29.8. The normalized spacial score (nSPS) is 14.6. The third-order valence-electron chi connectivity index (χ3n) is 16.4. The molecule has 19 heteroatoms. The lowest BCUT2D eigenvalue weighted by Crippen LogP contribution is -2.30. The van der Waals surface area contributed by atoms with E-state index < -0.39 is 97.5 Å². The number of aliphatic hydroxyl groups is 1. The molecule has 3 unspecified atom stereocenters. The first kappa shape index (κ1) is 87.1. The van der Waals surface area contributed by atoms with Crippen molar-refractivity contribution in [2.75, 3.05) is 39.6 Å². The standard InChI is InChI=1S/C70H136O17P2/c1-9-63(8)49-41-33-27-29-35-43-51-68(73)81-57-66(87-70(75)53-45-37-28-26-32-40-48-62(6)7)59-85-89(78,79)83-55-64(71)54-82-88(76,77)84-58-65(86-69(74)52-44-36-25-21-17-16-19-23-31-39-47-61(4)5)56-80-67(72)50-42-34-24-20-15-13-11-10-12-14-18-22-30-38-46-60(2)3/h60-66,71H,9-59H2,1-8H3,(H,76,77)(H,78,79)/t63?,64-,65-,66-/m1/s1. The van der Waals surface area contributed by atoms with E-state index in [0.717, 1.165) is 114 Å². The van der Waals surface area contributed by atoms with Crippen LogP contribution in [0.25, 0.3) is 0 Å². The summed E-state index contributed by atoms with van der Waals surface area (Å²) in [7, 11) is -9.90. The van der Waals surface area contributed by atoms with Crippen LogP contribution in [0.1, 0.15) is 344 Å². The Labute approximate surface area is 543 Å². The van der Waals surface area contributed by atoms with Crippen LogP contribution in [0, 0.1) is 23.7 Å². The Kier molecular flexibility index (Phi) is 58.5. The largest absolute Gasteiger partial charge is 0.472 e. The fourth-order valence-electron chi connectivity index (χ4n) is 10.5. The lowest BCUT2D eigenvalue weighted by Gasteiger charge is -2.21. The van der Waals surface area contributed by atoms with Gasteiger partial charge in [0.2, 0.25) is 0 Å². The monoisotopic (exact) mass is 1310 g/mol. The predicted octanol–water partition coefficient (Wildman–Crippen LogP) is 19.7. The van der Waals surface area contributed by atoms with Gasteiger partial charge in [0.25, 0.3) is 0 Å². The van der Waals surface area contributed by atoms with Crippen molar-refractivity contribution in [3.05, 3.63) is 0 Å². The van der Waals surface area contributed by atoms with Crippen LogP contribution >= 0.6 is 15.6 Å². The Morgan fingerprint density at radius 1 is 0.315 bits per heavy atom. The van der Waals surface area contributed by atoms with Crippen molar-refractivity contribution in [1.29, 1.82) is 0 Å². The minimum absolute atomic E-state index is 0.101. The van der Waals surface area contributed by atoms with Crippen LogP contribution in [-0.2, 0) is 65.4 Å². The number of phosphoric ester groups is 2. The van der Waals surface area contributed by atoms with Gasteiger partial charge in [0.1, 0.15) is 19.3 Å². The van der Waals surface area contributed by atoms with E-state index in [2.05, 4.69) is 55.4 Å². The summed E-state index contributed by atoms with van der Waals surface area (Å²) in [5, 5.41) is 10.6. The molecule has 0 aliphatic rings. The first-order valence-corrected chi connectivity index (χ1v) is 39.2. The highest BCUT2D eigenvalue weighted by atomic mass is 31.2. The highest BCUT2D eigenvalue weighted by Crippen LogP contribution is 2.45. The van der Waals surface area contributed by atoms with E-state index in [1.165, 1.54) is 141 Å².